The van der Waals surface area contributed by atoms with Crippen molar-refractivity contribution in [3.63, 3.8) is 0 Å². The quantitative estimate of drug-likeness (QED) is 0.705. The van der Waals surface area contributed by atoms with Gasteiger partial charge in [-0.1, -0.05) is 18.2 Å². The van der Waals surface area contributed by atoms with E-state index in [4.69, 9.17) is 4.74 Å². The molecule has 1 aliphatic heterocycles. The Morgan fingerprint density at radius 1 is 1.31 bits per heavy atom. The van der Waals surface area contributed by atoms with Crippen molar-refractivity contribution >= 4 is 0 Å². The Bertz CT molecular complexity index is 270. The van der Waals surface area contributed by atoms with Crippen molar-refractivity contribution in [3.05, 3.63) is 30.3 Å². The minimum Gasteiger partial charge on any atom is -0.490 e. The maximum Gasteiger partial charge on any atom is 0.123 e. The zero-order valence-corrected chi connectivity index (χ0v) is 7.36. The van der Waals surface area contributed by atoms with Gasteiger partial charge < -0.3 is 15.2 Å². The summed E-state index contributed by atoms with van der Waals surface area (Å²) < 4.78 is 5.42. The summed E-state index contributed by atoms with van der Waals surface area (Å²) in [5.74, 6) is 0.808. The van der Waals surface area contributed by atoms with E-state index in [1.54, 1.807) is 0 Å². The van der Waals surface area contributed by atoms with E-state index in [1.807, 2.05) is 30.3 Å². The second-order valence-electron chi connectivity index (χ2n) is 3.43. The SMILES string of the molecule is OC1(COc2ccccc2)CNC1. The minimum absolute atomic E-state index is 0.365. The Morgan fingerprint density at radius 2 is 2.00 bits per heavy atom. The van der Waals surface area contributed by atoms with Crippen LogP contribution in [0.1, 0.15) is 0 Å². The first kappa shape index (κ1) is 8.53. The molecule has 0 bridgehead atoms. The molecule has 0 radical (unpaired) electrons. The predicted molar refractivity (Wildman–Crippen MR) is 49.8 cm³/mol. The van der Waals surface area contributed by atoms with Crippen molar-refractivity contribution < 1.29 is 9.84 Å². The summed E-state index contributed by atoms with van der Waals surface area (Å²) in [4.78, 5) is 0. The van der Waals surface area contributed by atoms with Gasteiger partial charge in [0.2, 0.25) is 0 Å². The van der Waals surface area contributed by atoms with Crippen LogP contribution in [0, 0.1) is 0 Å². The molecule has 0 amide bonds. The lowest BCUT2D eigenvalue weighted by atomic mass is 9.99. The molecule has 1 aliphatic rings. The Labute approximate surface area is 77.3 Å². The highest BCUT2D eigenvalue weighted by Gasteiger charge is 2.34. The van der Waals surface area contributed by atoms with Gasteiger partial charge >= 0.3 is 0 Å². The zero-order valence-electron chi connectivity index (χ0n) is 7.36. The molecule has 3 nitrogen and oxygen atoms in total. The van der Waals surface area contributed by atoms with Crippen molar-refractivity contribution in [3.8, 4) is 5.75 Å². The summed E-state index contributed by atoms with van der Waals surface area (Å²) in [7, 11) is 0. The Morgan fingerprint density at radius 3 is 2.54 bits per heavy atom. The lowest BCUT2D eigenvalue weighted by Crippen LogP contribution is -2.62. The van der Waals surface area contributed by atoms with Gasteiger partial charge in [-0.15, -0.1) is 0 Å². The van der Waals surface area contributed by atoms with Crippen molar-refractivity contribution in [1.29, 1.82) is 0 Å². The molecule has 13 heavy (non-hydrogen) atoms. The fraction of sp³-hybridized carbons (Fsp3) is 0.400. The summed E-state index contributed by atoms with van der Waals surface area (Å²) >= 11 is 0. The molecule has 1 aromatic carbocycles. The first-order chi connectivity index (χ1) is 6.29. The molecular weight excluding hydrogens is 166 g/mol. The third-order valence-corrected chi connectivity index (χ3v) is 2.16. The van der Waals surface area contributed by atoms with Gasteiger partial charge in [0.05, 0.1) is 0 Å². The molecule has 1 saturated heterocycles. The highest BCUT2D eigenvalue weighted by molar-refractivity contribution is 5.21. The number of aliphatic hydroxyl groups is 1. The number of ether oxygens (including phenoxy) is 1. The van der Waals surface area contributed by atoms with Crippen molar-refractivity contribution in [2.45, 2.75) is 5.60 Å². The van der Waals surface area contributed by atoms with Gasteiger partial charge in [-0.3, -0.25) is 0 Å². The number of benzene rings is 1. The molecule has 1 heterocycles. The number of hydrogen-bond acceptors (Lipinski definition) is 3. The van der Waals surface area contributed by atoms with Crippen LogP contribution in [0.4, 0.5) is 0 Å². The molecule has 0 atom stereocenters. The standard InChI is InChI=1S/C10H13NO2/c12-10(6-11-7-10)8-13-9-4-2-1-3-5-9/h1-5,11-12H,6-8H2. The molecule has 3 heteroatoms. The van der Waals surface area contributed by atoms with E-state index in [-0.39, 0.29) is 0 Å². The average Bonchev–Trinajstić information content (AvgIpc) is 2.13. The second-order valence-corrected chi connectivity index (χ2v) is 3.43. The van der Waals surface area contributed by atoms with Crippen molar-refractivity contribution in [2.24, 2.45) is 0 Å². The van der Waals surface area contributed by atoms with Crippen LogP contribution < -0.4 is 10.1 Å². The average molecular weight is 179 g/mol. The van der Waals surface area contributed by atoms with Gasteiger partial charge in [0, 0.05) is 13.1 Å². The number of hydrogen-bond donors (Lipinski definition) is 2. The highest BCUT2D eigenvalue weighted by Crippen LogP contribution is 2.14. The largest absolute Gasteiger partial charge is 0.490 e. The topological polar surface area (TPSA) is 41.5 Å². The Kier molecular flexibility index (Phi) is 2.20. The first-order valence-electron chi connectivity index (χ1n) is 4.39. The van der Waals surface area contributed by atoms with Crippen LogP contribution in [-0.2, 0) is 0 Å². The lowest BCUT2D eigenvalue weighted by Gasteiger charge is -2.36. The first-order valence-corrected chi connectivity index (χ1v) is 4.39. The van der Waals surface area contributed by atoms with Gasteiger partial charge in [0.1, 0.15) is 18.0 Å². The smallest absolute Gasteiger partial charge is 0.123 e. The minimum atomic E-state index is -0.657. The van der Waals surface area contributed by atoms with Crippen molar-refractivity contribution in [1.82, 2.24) is 5.32 Å². The fourth-order valence-corrected chi connectivity index (χ4v) is 1.25. The number of para-hydroxylation sites is 1. The van der Waals surface area contributed by atoms with E-state index in [0.717, 1.165) is 5.75 Å². The molecule has 0 unspecified atom stereocenters. The zero-order chi connectivity index (χ0) is 9.15. The molecular formula is C10H13NO2. The van der Waals surface area contributed by atoms with Gasteiger partial charge in [0.25, 0.3) is 0 Å². The second kappa shape index (κ2) is 3.36. The summed E-state index contributed by atoms with van der Waals surface area (Å²) in [6.07, 6.45) is 0. The van der Waals surface area contributed by atoms with E-state index in [1.165, 1.54) is 0 Å². The summed E-state index contributed by atoms with van der Waals surface area (Å²) in [5.41, 5.74) is -0.657. The third-order valence-electron chi connectivity index (χ3n) is 2.16. The highest BCUT2D eigenvalue weighted by atomic mass is 16.5. The van der Waals surface area contributed by atoms with Crippen LogP contribution in [0.15, 0.2) is 30.3 Å². The van der Waals surface area contributed by atoms with E-state index < -0.39 is 5.60 Å². The maximum atomic E-state index is 9.68. The normalized spacial score (nSPS) is 19.2. The molecule has 70 valence electrons. The van der Waals surface area contributed by atoms with Gasteiger partial charge in [0.15, 0.2) is 0 Å². The van der Waals surface area contributed by atoms with Crippen LogP contribution in [0.25, 0.3) is 0 Å². The molecule has 2 rings (SSSR count). The van der Waals surface area contributed by atoms with Crippen LogP contribution in [-0.4, -0.2) is 30.4 Å². The lowest BCUT2D eigenvalue weighted by molar-refractivity contribution is -0.0456. The van der Waals surface area contributed by atoms with Gasteiger partial charge in [-0.2, -0.15) is 0 Å². The summed E-state index contributed by atoms with van der Waals surface area (Å²) in [6.45, 7) is 1.61. The molecule has 1 aromatic rings. The predicted octanol–water partition coefficient (Wildman–Crippen LogP) is 0.400. The Balaban J connectivity index is 1.86. The summed E-state index contributed by atoms with van der Waals surface area (Å²) in [5, 5.41) is 12.7. The molecule has 0 aliphatic carbocycles. The molecule has 0 aromatic heterocycles. The number of nitrogens with one attached hydrogen (secondary N) is 1. The van der Waals surface area contributed by atoms with Crippen LogP contribution in [0.3, 0.4) is 0 Å². The van der Waals surface area contributed by atoms with E-state index in [0.29, 0.717) is 19.7 Å². The number of rotatable bonds is 3. The number of β-amino-alcohol motifs (C(OH)–C–C–N with tert-alkyl or cyclic N) is 1. The third kappa shape index (κ3) is 1.99. The maximum absolute atomic E-state index is 9.68. The van der Waals surface area contributed by atoms with Gasteiger partial charge in [-0.25, -0.2) is 0 Å². The van der Waals surface area contributed by atoms with Crippen LogP contribution in [0.2, 0.25) is 0 Å². The fourth-order valence-electron chi connectivity index (χ4n) is 1.25. The van der Waals surface area contributed by atoms with E-state index >= 15 is 0 Å². The summed E-state index contributed by atoms with van der Waals surface area (Å²) in [6, 6.07) is 9.54. The molecule has 0 saturated carbocycles. The van der Waals surface area contributed by atoms with Gasteiger partial charge in [-0.05, 0) is 12.1 Å². The molecule has 2 N–H and O–H groups in total. The van der Waals surface area contributed by atoms with Crippen LogP contribution >= 0.6 is 0 Å². The van der Waals surface area contributed by atoms with E-state index in [2.05, 4.69) is 5.32 Å². The Hall–Kier alpha value is -1.06. The van der Waals surface area contributed by atoms with Crippen LogP contribution in [0.5, 0.6) is 5.75 Å². The monoisotopic (exact) mass is 179 g/mol. The molecule has 0 spiro atoms. The van der Waals surface area contributed by atoms with Crippen molar-refractivity contribution in [2.75, 3.05) is 19.7 Å². The van der Waals surface area contributed by atoms with E-state index in [9.17, 15) is 5.11 Å². The molecule has 1 fully saturated rings.